The summed E-state index contributed by atoms with van der Waals surface area (Å²) in [4.78, 5) is 47.4. The SMILES string of the molecule is CCc1cc(C(=O)OC)c(NC(=O)CSc2nc3sc4c(c3c(=O)[nH]2)CCCC4)s1. The van der Waals surface area contributed by atoms with Crippen molar-refractivity contribution in [2.75, 3.05) is 18.2 Å². The second-order valence-corrected chi connectivity index (χ2v) is 10.1. The van der Waals surface area contributed by atoms with Crippen molar-refractivity contribution < 1.29 is 14.3 Å². The minimum absolute atomic E-state index is 0.0690. The number of aromatic amines is 1. The maximum atomic E-state index is 12.6. The van der Waals surface area contributed by atoms with E-state index in [1.165, 1.54) is 35.1 Å². The quantitative estimate of drug-likeness (QED) is 0.325. The van der Waals surface area contributed by atoms with Crippen molar-refractivity contribution in [2.45, 2.75) is 44.2 Å². The molecule has 3 heterocycles. The van der Waals surface area contributed by atoms with Crippen LogP contribution in [0.15, 0.2) is 16.0 Å². The van der Waals surface area contributed by atoms with E-state index in [0.717, 1.165) is 47.4 Å². The first-order valence-electron chi connectivity index (χ1n) is 9.68. The number of aryl methyl sites for hydroxylation is 3. The summed E-state index contributed by atoms with van der Waals surface area (Å²) in [5.74, 6) is -0.686. The fourth-order valence-electron chi connectivity index (χ4n) is 3.48. The minimum Gasteiger partial charge on any atom is -0.465 e. The van der Waals surface area contributed by atoms with Crippen LogP contribution in [0.2, 0.25) is 0 Å². The lowest BCUT2D eigenvalue weighted by Crippen LogP contribution is -2.16. The van der Waals surface area contributed by atoms with E-state index in [0.29, 0.717) is 21.1 Å². The van der Waals surface area contributed by atoms with Gasteiger partial charge in [-0.25, -0.2) is 9.78 Å². The molecular weight excluding hydrogens is 442 g/mol. The number of hydrogen-bond acceptors (Lipinski definition) is 8. The summed E-state index contributed by atoms with van der Waals surface area (Å²) in [5, 5.41) is 4.39. The smallest absolute Gasteiger partial charge is 0.340 e. The van der Waals surface area contributed by atoms with Gasteiger partial charge in [-0.2, -0.15) is 0 Å². The highest BCUT2D eigenvalue weighted by molar-refractivity contribution is 7.99. The zero-order valence-electron chi connectivity index (χ0n) is 16.6. The third-order valence-electron chi connectivity index (χ3n) is 4.93. The van der Waals surface area contributed by atoms with Crippen LogP contribution in [0, 0.1) is 0 Å². The molecule has 1 aliphatic rings. The summed E-state index contributed by atoms with van der Waals surface area (Å²) in [6.45, 7) is 1.98. The van der Waals surface area contributed by atoms with E-state index in [1.54, 1.807) is 17.4 Å². The molecule has 7 nitrogen and oxygen atoms in total. The lowest BCUT2D eigenvalue weighted by molar-refractivity contribution is -0.113. The lowest BCUT2D eigenvalue weighted by atomic mass is 9.97. The Morgan fingerprint density at radius 3 is 2.87 bits per heavy atom. The number of thioether (sulfide) groups is 1. The number of thiophene rings is 2. The maximum absolute atomic E-state index is 12.6. The van der Waals surface area contributed by atoms with Crippen LogP contribution in [0.3, 0.4) is 0 Å². The van der Waals surface area contributed by atoms with E-state index >= 15 is 0 Å². The molecule has 0 aromatic carbocycles. The maximum Gasteiger partial charge on any atom is 0.340 e. The number of amides is 1. The lowest BCUT2D eigenvalue weighted by Gasteiger charge is -2.09. The van der Waals surface area contributed by atoms with Gasteiger partial charge in [0, 0.05) is 9.75 Å². The first kappa shape index (κ1) is 21.1. The normalized spacial score (nSPS) is 13.3. The van der Waals surface area contributed by atoms with E-state index in [1.807, 2.05) is 6.92 Å². The van der Waals surface area contributed by atoms with Crippen LogP contribution < -0.4 is 10.9 Å². The Hall–Kier alpha value is -2.17. The van der Waals surface area contributed by atoms with Gasteiger partial charge in [-0.3, -0.25) is 9.59 Å². The zero-order chi connectivity index (χ0) is 21.3. The Bertz CT molecular complexity index is 1180. The Balaban J connectivity index is 1.48. The van der Waals surface area contributed by atoms with Crippen molar-refractivity contribution >= 4 is 61.5 Å². The summed E-state index contributed by atoms with van der Waals surface area (Å²) in [6.07, 6.45) is 4.94. The van der Waals surface area contributed by atoms with Crippen molar-refractivity contribution in [1.29, 1.82) is 0 Å². The highest BCUT2D eigenvalue weighted by atomic mass is 32.2. The molecule has 30 heavy (non-hydrogen) atoms. The number of carbonyl (C=O) groups is 2. The van der Waals surface area contributed by atoms with Gasteiger partial charge in [0.15, 0.2) is 5.16 Å². The molecule has 0 atom stereocenters. The van der Waals surface area contributed by atoms with Crippen LogP contribution in [0.4, 0.5) is 5.00 Å². The summed E-state index contributed by atoms with van der Waals surface area (Å²) in [5.41, 5.74) is 1.36. The molecule has 4 rings (SSSR count). The van der Waals surface area contributed by atoms with Crippen LogP contribution in [0.5, 0.6) is 0 Å². The number of nitrogens with zero attached hydrogens (tertiary/aromatic N) is 1. The molecule has 1 aliphatic carbocycles. The van der Waals surface area contributed by atoms with E-state index in [4.69, 9.17) is 4.74 Å². The summed E-state index contributed by atoms with van der Waals surface area (Å²) in [6, 6.07) is 1.74. The first-order valence-corrected chi connectivity index (χ1v) is 12.3. The number of methoxy groups -OCH3 is 1. The van der Waals surface area contributed by atoms with Gasteiger partial charge in [0.2, 0.25) is 5.91 Å². The third kappa shape index (κ3) is 4.17. The monoisotopic (exact) mass is 463 g/mol. The standard InChI is InChI=1S/C20H21N3O4S3/c1-3-10-8-12(19(26)27-2)17(29-10)21-14(24)9-28-20-22-16(25)15-11-6-4-5-7-13(11)30-18(15)23-20/h8H,3-7,9H2,1-2H3,(H,21,24)(H,22,23,25). The van der Waals surface area contributed by atoms with E-state index < -0.39 is 5.97 Å². The van der Waals surface area contributed by atoms with Crippen LogP contribution >= 0.6 is 34.4 Å². The Kier molecular flexibility index (Phi) is 6.26. The van der Waals surface area contributed by atoms with Crippen molar-refractivity contribution in [3.63, 3.8) is 0 Å². The molecule has 0 fully saturated rings. The van der Waals surface area contributed by atoms with Gasteiger partial charge in [0.05, 0.1) is 23.8 Å². The number of ether oxygens (including phenoxy) is 1. The Labute approximate surface area is 185 Å². The fourth-order valence-corrected chi connectivity index (χ4v) is 6.46. The van der Waals surface area contributed by atoms with Crippen molar-refractivity contribution in [1.82, 2.24) is 9.97 Å². The molecular formula is C20H21N3O4S3. The first-order chi connectivity index (χ1) is 14.5. The number of carbonyl (C=O) groups excluding carboxylic acids is 2. The molecule has 0 saturated heterocycles. The third-order valence-corrected chi connectivity index (χ3v) is 8.19. The van der Waals surface area contributed by atoms with Gasteiger partial charge in [-0.1, -0.05) is 18.7 Å². The predicted octanol–water partition coefficient (Wildman–Crippen LogP) is 4.00. The van der Waals surface area contributed by atoms with Crippen LogP contribution in [0.1, 0.15) is 45.4 Å². The minimum atomic E-state index is -0.480. The molecule has 3 aromatic rings. The van der Waals surface area contributed by atoms with Gasteiger partial charge in [0.25, 0.3) is 5.56 Å². The average Bonchev–Trinajstić information content (AvgIpc) is 3.32. The average molecular weight is 464 g/mol. The number of anilines is 1. The number of rotatable bonds is 6. The Morgan fingerprint density at radius 2 is 2.10 bits per heavy atom. The second-order valence-electron chi connectivity index (χ2n) is 6.90. The number of hydrogen-bond donors (Lipinski definition) is 2. The van der Waals surface area contributed by atoms with Crippen molar-refractivity contribution in [2.24, 2.45) is 0 Å². The van der Waals surface area contributed by atoms with Gasteiger partial charge in [-0.05, 0) is 43.7 Å². The molecule has 3 aromatic heterocycles. The van der Waals surface area contributed by atoms with Crippen LogP contribution in [0.25, 0.3) is 10.2 Å². The number of nitrogens with one attached hydrogen (secondary N) is 2. The molecule has 0 spiro atoms. The molecule has 0 saturated carbocycles. The molecule has 10 heteroatoms. The van der Waals surface area contributed by atoms with Crippen molar-refractivity contribution in [3.8, 4) is 0 Å². The zero-order valence-corrected chi connectivity index (χ0v) is 19.1. The number of fused-ring (bicyclic) bond motifs is 3. The molecule has 0 radical (unpaired) electrons. The van der Waals surface area contributed by atoms with Gasteiger partial charge >= 0.3 is 5.97 Å². The van der Waals surface area contributed by atoms with Crippen LogP contribution in [-0.4, -0.2) is 34.7 Å². The van der Waals surface area contributed by atoms with Gasteiger partial charge in [-0.15, -0.1) is 22.7 Å². The highest BCUT2D eigenvalue weighted by Crippen LogP contribution is 2.34. The molecule has 158 valence electrons. The Morgan fingerprint density at radius 1 is 1.30 bits per heavy atom. The number of esters is 1. The van der Waals surface area contributed by atoms with E-state index in [9.17, 15) is 14.4 Å². The van der Waals surface area contributed by atoms with Gasteiger partial charge < -0.3 is 15.0 Å². The molecule has 0 unspecified atom stereocenters. The molecule has 0 aliphatic heterocycles. The van der Waals surface area contributed by atoms with E-state index in [2.05, 4.69) is 15.3 Å². The second kappa shape index (κ2) is 8.91. The number of aromatic nitrogens is 2. The van der Waals surface area contributed by atoms with Crippen molar-refractivity contribution in [3.05, 3.63) is 37.3 Å². The molecule has 1 amide bonds. The predicted molar refractivity (Wildman–Crippen MR) is 121 cm³/mol. The number of H-pyrrole nitrogens is 1. The topological polar surface area (TPSA) is 101 Å². The summed E-state index contributed by atoms with van der Waals surface area (Å²) >= 11 is 4.11. The highest BCUT2D eigenvalue weighted by Gasteiger charge is 2.21. The van der Waals surface area contributed by atoms with Gasteiger partial charge in [0.1, 0.15) is 9.83 Å². The summed E-state index contributed by atoms with van der Waals surface area (Å²) < 4.78 is 4.80. The van der Waals surface area contributed by atoms with Crippen LogP contribution in [-0.2, 0) is 28.8 Å². The molecule has 0 bridgehead atoms. The largest absolute Gasteiger partial charge is 0.465 e. The molecule has 2 N–H and O–H groups in total. The fraction of sp³-hybridized carbons (Fsp3) is 0.400. The summed E-state index contributed by atoms with van der Waals surface area (Å²) in [7, 11) is 1.31. The van der Waals surface area contributed by atoms with E-state index in [-0.39, 0.29) is 17.2 Å².